The Hall–Kier alpha value is -2.62. The van der Waals surface area contributed by atoms with E-state index in [1.807, 2.05) is 55.7 Å². The summed E-state index contributed by atoms with van der Waals surface area (Å²) >= 11 is 0. The van der Waals surface area contributed by atoms with Crippen LogP contribution in [0.3, 0.4) is 0 Å². The topological polar surface area (TPSA) is 56.4 Å². The van der Waals surface area contributed by atoms with Crippen molar-refractivity contribution in [1.82, 2.24) is 5.32 Å². The van der Waals surface area contributed by atoms with E-state index in [2.05, 4.69) is 10.3 Å². The fourth-order valence-electron chi connectivity index (χ4n) is 2.19. The smallest absolute Gasteiger partial charge is 0.287 e. The highest BCUT2D eigenvalue weighted by molar-refractivity contribution is 5.98. The Bertz CT molecular complexity index is 748. The number of para-hydroxylation sites is 1. The van der Waals surface area contributed by atoms with E-state index in [9.17, 15) is 4.79 Å². The SMILES string of the molecule is Cc1c(C(=O)NCc2ccc[nH+]c2)oc2ccccc12. The third-order valence-electron chi connectivity index (χ3n) is 3.27. The normalized spacial score (nSPS) is 10.7. The number of hydrogen-bond donors (Lipinski definition) is 1. The molecule has 0 bridgehead atoms. The molecule has 3 rings (SSSR count). The number of pyridine rings is 1. The van der Waals surface area contributed by atoms with Crippen LogP contribution in [0.1, 0.15) is 21.7 Å². The number of nitrogens with one attached hydrogen (secondary N) is 2. The quantitative estimate of drug-likeness (QED) is 0.792. The summed E-state index contributed by atoms with van der Waals surface area (Å²) in [6.45, 7) is 2.36. The van der Waals surface area contributed by atoms with Gasteiger partial charge in [-0.2, -0.15) is 0 Å². The van der Waals surface area contributed by atoms with Gasteiger partial charge in [-0.1, -0.05) is 18.2 Å². The van der Waals surface area contributed by atoms with Crippen molar-refractivity contribution in [3.05, 3.63) is 65.7 Å². The first kappa shape index (κ1) is 12.4. The third kappa shape index (κ3) is 2.28. The number of benzene rings is 1. The number of rotatable bonds is 3. The van der Waals surface area contributed by atoms with Crippen molar-refractivity contribution in [2.24, 2.45) is 0 Å². The lowest BCUT2D eigenvalue weighted by molar-refractivity contribution is -0.378. The Balaban J connectivity index is 1.81. The Morgan fingerprint density at radius 2 is 2.10 bits per heavy atom. The lowest BCUT2D eigenvalue weighted by atomic mass is 10.1. The van der Waals surface area contributed by atoms with Crippen LogP contribution in [-0.2, 0) is 6.54 Å². The molecule has 1 aromatic carbocycles. The lowest BCUT2D eigenvalue weighted by Crippen LogP contribution is -2.23. The fourth-order valence-corrected chi connectivity index (χ4v) is 2.19. The van der Waals surface area contributed by atoms with Crippen molar-refractivity contribution in [2.75, 3.05) is 0 Å². The van der Waals surface area contributed by atoms with Gasteiger partial charge in [0.25, 0.3) is 5.91 Å². The molecule has 4 heteroatoms. The molecule has 20 heavy (non-hydrogen) atoms. The molecule has 2 N–H and O–H groups in total. The van der Waals surface area contributed by atoms with E-state index in [1.165, 1.54) is 0 Å². The van der Waals surface area contributed by atoms with Crippen LogP contribution in [0.15, 0.2) is 53.2 Å². The number of furan rings is 1. The molecule has 0 saturated heterocycles. The molecule has 0 aliphatic carbocycles. The molecule has 2 aromatic heterocycles. The Morgan fingerprint density at radius 1 is 1.25 bits per heavy atom. The second-order valence-corrected chi connectivity index (χ2v) is 4.65. The molecule has 0 aliphatic rings. The number of carbonyl (C=O) groups excluding carboxylic acids is 1. The average Bonchev–Trinajstić information content (AvgIpc) is 2.84. The van der Waals surface area contributed by atoms with Gasteiger partial charge in [-0.25, -0.2) is 4.98 Å². The van der Waals surface area contributed by atoms with Crippen molar-refractivity contribution in [3.8, 4) is 0 Å². The molecule has 2 heterocycles. The van der Waals surface area contributed by atoms with E-state index < -0.39 is 0 Å². The number of aromatic amines is 1. The molecule has 0 saturated carbocycles. The van der Waals surface area contributed by atoms with Crippen LogP contribution in [-0.4, -0.2) is 5.91 Å². The van der Waals surface area contributed by atoms with Crippen molar-refractivity contribution >= 4 is 16.9 Å². The highest BCUT2D eigenvalue weighted by Gasteiger charge is 2.16. The van der Waals surface area contributed by atoms with Gasteiger partial charge in [-0.3, -0.25) is 4.79 Å². The summed E-state index contributed by atoms with van der Waals surface area (Å²) < 4.78 is 5.63. The maximum atomic E-state index is 12.2. The summed E-state index contributed by atoms with van der Waals surface area (Å²) in [6, 6.07) is 11.5. The minimum Gasteiger partial charge on any atom is -0.451 e. The molecular weight excluding hydrogens is 252 g/mol. The second kappa shape index (κ2) is 5.17. The van der Waals surface area contributed by atoms with Crippen molar-refractivity contribution in [1.29, 1.82) is 0 Å². The monoisotopic (exact) mass is 267 g/mol. The van der Waals surface area contributed by atoms with E-state index in [1.54, 1.807) is 0 Å². The number of carbonyl (C=O) groups is 1. The number of amides is 1. The summed E-state index contributed by atoms with van der Waals surface area (Å²) in [4.78, 5) is 15.2. The van der Waals surface area contributed by atoms with Crippen molar-refractivity contribution in [3.63, 3.8) is 0 Å². The molecule has 0 radical (unpaired) electrons. The second-order valence-electron chi connectivity index (χ2n) is 4.65. The number of H-pyrrole nitrogens is 1. The maximum Gasteiger partial charge on any atom is 0.287 e. The molecule has 0 fully saturated rings. The molecule has 0 aliphatic heterocycles. The van der Waals surface area contributed by atoms with Crippen LogP contribution >= 0.6 is 0 Å². The van der Waals surface area contributed by atoms with Gasteiger partial charge < -0.3 is 9.73 Å². The van der Waals surface area contributed by atoms with Crippen LogP contribution in [0.4, 0.5) is 0 Å². The molecule has 0 atom stereocenters. The van der Waals surface area contributed by atoms with Crippen molar-refractivity contribution < 1.29 is 14.2 Å². The van der Waals surface area contributed by atoms with E-state index in [-0.39, 0.29) is 5.91 Å². The Labute approximate surface area is 116 Å². The minimum atomic E-state index is -0.192. The first-order valence-corrected chi connectivity index (χ1v) is 6.47. The fraction of sp³-hybridized carbons (Fsp3) is 0.125. The Kier molecular flexibility index (Phi) is 3.21. The number of hydrogen-bond acceptors (Lipinski definition) is 2. The highest BCUT2D eigenvalue weighted by atomic mass is 16.3. The highest BCUT2D eigenvalue weighted by Crippen LogP contribution is 2.24. The first-order chi connectivity index (χ1) is 9.75. The van der Waals surface area contributed by atoms with E-state index in [0.717, 1.165) is 22.1 Å². The van der Waals surface area contributed by atoms with Gasteiger partial charge in [0, 0.05) is 29.1 Å². The molecular formula is C16H15N2O2+. The molecule has 100 valence electrons. The van der Waals surface area contributed by atoms with E-state index >= 15 is 0 Å². The molecule has 1 amide bonds. The average molecular weight is 267 g/mol. The minimum absolute atomic E-state index is 0.192. The van der Waals surface area contributed by atoms with Crippen LogP contribution < -0.4 is 10.3 Å². The standard InChI is InChI=1S/C16H14N2O2/c1-11-13-6-2-3-7-14(13)20-15(11)16(19)18-10-12-5-4-8-17-9-12/h2-9H,10H2,1H3,(H,18,19)/p+1. The maximum absolute atomic E-state index is 12.2. The van der Waals surface area contributed by atoms with Gasteiger partial charge in [0.2, 0.25) is 0 Å². The van der Waals surface area contributed by atoms with E-state index in [0.29, 0.717) is 12.3 Å². The zero-order chi connectivity index (χ0) is 13.9. The van der Waals surface area contributed by atoms with Gasteiger partial charge in [0.15, 0.2) is 18.2 Å². The van der Waals surface area contributed by atoms with Crippen LogP contribution in [0.5, 0.6) is 0 Å². The van der Waals surface area contributed by atoms with E-state index in [4.69, 9.17) is 4.42 Å². The predicted octanol–water partition coefficient (Wildman–Crippen LogP) is 2.49. The zero-order valence-electron chi connectivity index (χ0n) is 11.1. The Morgan fingerprint density at radius 3 is 2.85 bits per heavy atom. The summed E-state index contributed by atoms with van der Waals surface area (Å²) in [5, 5.41) is 3.84. The number of aryl methyl sites for hydroxylation is 1. The number of fused-ring (bicyclic) bond motifs is 1. The molecule has 0 spiro atoms. The predicted molar refractivity (Wildman–Crippen MR) is 75.1 cm³/mol. The van der Waals surface area contributed by atoms with Gasteiger partial charge in [0.05, 0.1) is 0 Å². The summed E-state index contributed by atoms with van der Waals surface area (Å²) in [5.74, 6) is 0.189. The summed E-state index contributed by atoms with van der Waals surface area (Å²) in [6.07, 6.45) is 3.68. The summed E-state index contributed by atoms with van der Waals surface area (Å²) in [7, 11) is 0. The lowest BCUT2D eigenvalue weighted by Gasteiger charge is -2.02. The van der Waals surface area contributed by atoms with Gasteiger partial charge in [-0.05, 0) is 19.1 Å². The van der Waals surface area contributed by atoms with Crippen molar-refractivity contribution in [2.45, 2.75) is 13.5 Å². The first-order valence-electron chi connectivity index (χ1n) is 6.47. The largest absolute Gasteiger partial charge is 0.451 e. The summed E-state index contributed by atoms with van der Waals surface area (Å²) in [5.41, 5.74) is 2.62. The van der Waals surface area contributed by atoms with Gasteiger partial charge in [-0.15, -0.1) is 0 Å². The van der Waals surface area contributed by atoms with Crippen LogP contribution in [0.25, 0.3) is 11.0 Å². The molecule has 4 nitrogen and oxygen atoms in total. The molecule has 3 aromatic rings. The molecule has 0 unspecified atom stereocenters. The van der Waals surface area contributed by atoms with Gasteiger partial charge in [0.1, 0.15) is 5.58 Å². The number of aromatic nitrogens is 1. The van der Waals surface area contributed by atoms with Crippen LogP contribution in [0.2, 0.25) is 0 Å². The van der Waals surface area contributed by atoms with Crippen LogP contribution in [0, 0.1) is 6.92 Å². The third-order valence-corrected chi connectivity index (χ3v) is 3.27. The van der Waals surface area contributed by atoms with Gasteiger partial charge >= 0.3 is 0 Å². The zero-order valence-corrected chi connectivity index (χ0v) is 11.1.